The quantitative estimate of drug-likeness (QED) is 0.780. The van der Waals surface area contributed by atoms with Crippen LogP contribution in [0.3, 0.4) is 0 Å². The maximum Gasteiger partial charge on any atom is 0.269 e. The van der Waals surface area contributed by atoms with Gasteiger partial charge < -0.3 is 5.32 Å². The summed E-state index contributed by atoms with van der Waals surface area (Å²) in [7, 11) is -4.21. The Labute approximate surface area is 160 Å². The molecule has 1 atom stereocenters. The van der Waals surface area contributed by atoms with Crippen LogP contribution < -0.4 is 5.32 Å². The van der Waals surface area contributed by atoms with E-state index in [9.17, 15) is 13.2 Å². The Kier molecular flexibility index (Phi) is 5.02. The van der Waals surface area contributed by atoms with Gasteiger partial charge in [0.1, 0.15) is 10.9 Å². The normalized spacial score (nSPS) is 17.7. The first-order valence-corrected chi connectivity index (χ1v) is 9.80. The van der Waals surface area contributed by atoms with Gasteiger partial charge in [-0.2, -0.15) is 0 Å². The molecule has 0 bridgehead atoms. The van der Waals surface area contributed by atoms with Crippen LogP contribution >= 0.6 is 35.4 Å². The molecule has 0 aliphatic carbocycles. The predicted octanol–water partition coefficient (Wildman–Crippen LogP) is 3.01. The Morgan fingerprint density at radius 1 is 1.04 bits per heavy atom. The number of rotatable bonds is 4. The van der Waals surface area contributed by atoms with Gasteiger partial charge >= 0.3 is 0 Å². The first-order chi connectivity index (χ1) is 11.8. The molecule has 1 amide bonds. The SMILES string of the molecule is O=C1NC(=S)N(S(=O)(=O)c2c(Cl)cccc2Cl)C1Cc1ccccc1. The Morgan fingerprint density at radius 3 is 2.24 bits per heavy atom. The lowest BCUT2D eigenvalue weighted by atomic mass is 10.1. The minimum atomic E-state index is -4.21. The van der Waals surface area contributed by atoms with Crippen molar-refractivity contribution in [1.29, 1.82) is 0 Å². The average Bonchev–Trinajstić information content (AvgIpc) is 2.82. The zero-order chi connectivity index (χ0) is 18.2. The van der Waals surface area contributed by atoms with Crippen molar-refractivity contribution in [3.05, 3.63) is 64.1 Å². The number of thiocarbonyl (C=S) groups is 1. The van der Waals surface area contributed by atoms with Gasteiger partial charge in [-0.1, -0.05) is 59.6 Å². The molecule has 1 N–H and O–H groups in total. The molecule has 25 heavy (non-hydrogen) atoms. The second kappa shape index (κ2) is 6.92. The topological polar surface area (TPSA) is 66.5 Å². The van der Waals surface area contributed by atoms with Gasteiger partial charge in [-0.25, -0.2) is 12.7 Å². The molecule has 0 spiro atoms. The maximum absolute atomic E-state index is 13.1. The Bertz CT molecular complexity index is 929. The van der Waals surface area contributed by atoms with E-state index in [4.69, 9.17) is 35.4 Å². The zero-order valence-electron chi connectivity index (χ0n) is 12.6. The monoisotopic (exact) mass is 414 g/mol. The van der Waals surface area contributed by atoms with Crippen molar-refractivity contribution in [2.45, 2.75) is 17.4 Å². The van der Waals surface area contributed by atoms with Crippen molar-refractivity contribution in [3.8, 4) is 0 Å². The van der Waals surface area contributed by atoms with E-state index >= 15 is 0 Å². The fraction of sp³-hybridized carbons (Fsp3) is 0.125. The Balaban J connectivity index is 2.06. The Hall–Kier alpha value is -1.67. The standard InChI is InChI=1S/C16H12Cl2N2O3S2/c17-11-7-4-8-12(18)14(11)25(22,23)20-13(15(21)19-16(20)24)9-10-5-2-1-3-6-10/h1-8,13H,9H2,(H,19,21,24). The van der Waals surface area contributed by atoms with Gasteiger partial charge in [-0.15, -0.1) is 0 Å². The van der Waals surface area contributed by atoms with E-state index in [1.54, 1.807) is 0 Å². The van der Waals surface area contributed by atoms with E-state index in [2.05, 4.69) is 5.32 Å². The number of sulfonamides is 1. The first kappa shape index (κ1) is 18.1. The fourth-order valence-electron chi connectivity index (χ4n) is 2.61. The lowest BCUT2D eigenvalue weighted by molar-refractivity contribution is -0.120. The molecule has 2 aromatic rings. The second-order valence-electron chi connectivity index (χ2n) is 5.35. The molecular weight excluding hydrogens is 403 g/mol. The summed E-state index contributed by atoms with van der Waals surface area (Å²) >= 11 is 17.2. The van der Waals surface area contributed by atoms with Crippen LogP contribution in [-0.4, -0.2) is 29.8 Å². The smallest absolute Gasteiger partial charge is 0.269 e. The van der Waals surface area contributed by atoms with Crippen molar-refractivity contribution in [2.24, 2.45) is 0 Å². The van der Waals surface area contributed by atoms with Gasteiger partial charge in [0.05, 0.1) is 10.0 Å². The molecule has 1 unspecified atom stereocenters. The molecule has 5 nitrogen and oxygen atoms in total. The van der Waals surface area contributed by atoms with Crippen LogP contribution in [0.25, 0.3) is 0 Å². The lowest BCUT2D eigenvalue weighted by Crippen LogP contribution is -2.41. The number of nitrogens with one attached hydrogen (secondary N) is 1. The number of hydrogen-bond acceptors (Lipinski definition) is 4. The summed E-state index contributed by atoms with van der Waals surface area (Å²) in [5, 5.41) is 2.14. The highest BCUT2D eigenvalue weighted by molar-refractivity contribution is 7.91. The average molecular weight is 415 g/mol. The Morgan fingerprint density at radius 2 is 1.64 bits per heavy atom. The number of carbonyl (C=O) groups excluding carboxylic acids is 1. The van der Waals surface area contributed by atoms with Crippen molar-refractivity contribution in [2.75, 3.05) is 0 Å². The number of amides is 1. The van der Waals surface area contributed by atoms with Crippen molar-refractivity contribution >= 4 is 56.5 Å². The fourth-order valence-corrected chi connectivity index (χ4v) is 5.71. The van der Waals surface area contributed by atoms with Crippen LogP contribution in [-0.2, 0) is 21.2 Å². The van der Waals surface area contributed by atoms with Crippen LogP contribution in [0.5, 0.6) is 0 Å². The van der Waals surface area contributed by atoms with Gasteiger partial charge in [-0.3, -0.25) is 4.79 Å². The predicted molar refractivity (Wildman–Crippen MR) is 100 cm³/mol. The summed E-state index contributed by atoms with van der Waals surface area (Å²) in [6, 6.07) is 12.4. The van der Waals surface area contributed by atoms with Gasteiger partial charge in [-0.05, 0) is 29.9 Å². The highest BCUT2D eigenvalue weighted by atomic mass is 35.5. The summed E-state index contributed by atoms with van der Waals surface area (Å²) in [6.45, 7) is 0. The van der Waals surface area contributed by atoms with Crippen LogP contribution in [0.4, 0.5) is 0 Å². The first-order valence-electron chi connectivity index (χ1n) is 7.19. The maximum atomic E-state index is 13.1. The van der Waals surface area contributed by atoms with Gasteiger partial charge in [0.15, 0.2) is 5.11 Å². The van der Waals surface area contributed by atoms with E-state index in [-0.39, 0.29) is 26.5 Å². The van der Waals surface area contributed by atoms with Crippen molar-refractivity contribution < 1.29 is 13.2 Å². The molecule has 3 rings (SSSR count). The molecule has 1 aliphatic heterocycles. The third-order valence-electron chi connectivity index (χ3n) is 3.72. The van der Waals surface area contributed by atoms with Crippen LogP contribution in [0.15, 0.2) is 53.4 Å². The molecule has 0 saturated carbocycles. The summed E-state index contributed by atoms with van der Waals surface area (Å²) < 4.78 is 27.1. The molecule has 1 fully saturated rings. The van der Waals surface area contributed by atoms with E-state index < -0.39 is 22.0 Å². The molecule has 2 aromatic carbocycles. The van der Waals surface area contributed by atoms with Gasteiger partial charge in [0, 0.05) is 6.42 Å². The summed E-state index contributed by atoms with van der Waals surface area (Å²) in [6.07, 6.45) is 0.175. The molecule has 9 heteroatoms. The molecule has 1 aliphatic rings. The summed E-state index contributed by atoms with van der Waals surface area (Å²) in [5.41, 5.74) is 0.804. The van der Waals surface area contributed by atoms with Crippen molar-refractivity contribution in [3.63, 3.8) is 0 Å². The van der Waals surface area contributed by atoms with Crippen LogP contribution in [0.2, 0.25) is 10.0 Å². The molecule has 1 heterocycles. The molecule has 0 aromatic heterocycles. The lowest BCUT2D eigenvalue weighted by Gasteiger charge is -2.24. The minimum Gasteiger partial charge on any atom is -0.300 e. The summed E-state index contributed by atoms with van der Waals surface area (Å²) in [4.78, 5) is 12.0. The number of hydrogen-bond donors (Lipinski definition) is 1. The van der Waals surface area contributed by atoms with Crippen LogP contribution in [0.1, 0.15) is 5.56 Å². The highest BCUT2D eigenvalue weighted by Gasteiger charge is 2.45. The van der Waals surface area contributed by atoms with E-state index in [1.807, 2.05) is 30.3 Å². The van der Waals surface area contributed by atoms with E-state index in [1.165, 1.54) is 18.2 Å². The third kappa shape index (κ3) is 3.37. The van der Waals surface area contributed by atoms with Crippen molar-refractivity contribution in [1.82, 2.24) is 9.62 Å². The van der Waals surface area contributed by atoms with Gasteiger partial charge in [0.2, 0.25) is 0 Å². The number of carbonyl (C=O) groups is 1. The van der Waals surface area contributed by atoms with E-state index in [0.717, 1.165) is 9.87 Å². The number of benzene rings is 2. The molecule has 130 valence electrons. The van der Waals surface area contributed by atoms with Crippen LogP contribution in [0, 0.1) is 0 Å². The molecular formula is C16H12Cl2N2O3S2. The van der Waals surface area contributed by atoms with Gasteiger partial charge in [0.25, 0.3) is 15.9 Å². The number of halogens is 2. The largest absolute Gasteiger partial charge is 0.300 e. The second-order valence-corrected chi connectivity index (χ2v) is 8.30. The summed E-state index contributed by atoms with van der Waals surface area (Å²) in [5.74, 6) is -0.486. The highest BCUT2D eigenvalue weighted by Crippen LogP contribution is 2.34. The molecule has 0 radical (unpaired) electrons. The zero-order valence-corrected chi connectivity index (χ0v) is 15.8. The number of nitrogens with zero attached hydrogens (tertiary/aromatic N) is 1. The third-order valence-corrected chi connectivity index (χ3v) is 6.90. The molecule has 1 saturated heterocycles. The van der Waals surface area contributed by atoms with E-state index in [0.29, 0.717) is 0 Å². The minimum absolute atomic E-state index is 0.0342.